The Morgan fingerprint density at radius 1 is 1.08 bits per heavy atom. The van der Waals surface area contributed by atoms with E-state index in [0.29, 0.717) is 18.8 Å². The van der Waals surface area contributed by atoms with E-state index in [1.165, 1.54) is 0 Å². The van der Waals surface area contributed by atoms with Crippen molar-refractivity contribution in [1.82, 2.24) is 5.32 Å². The van der Waals surface area contributed by atoms with Crippen LogP contribution in [0.4, 0.5) is 11.4 Å². The third-order valence-electron chi connectivity index (χ3n) is 4.46. The molecular weight excluding hydrogens is 350 g/mol. The molecule has 0 amide bonds. The van der Waals surface area contributed by atoms with Crippen molar-refractivity contribution in [3.8, 4) is 0 Å². The number of nitrogens with zero attached hydrogens (tertiary/aromatic N) is 1. The second kappa shape index (κ2) is 6.90. The van der Waals surface area contributed by atoms with E-state index >= 15 is 0 Å². The van der Waals surface area contributed by atoms with Crippen LogP contribution in [0.5, 0.6) is 0 Å². The number of nitrogens with one attached hydrogen (secondary N) is 2. The highest BCUT2D eigenvalue weighted by molar-refractivity contribution is 7.92. The number of aliphatic hydroxyl groups excluding tert-OH is 1. The lowest BCUT2D eigenvalue weighted by Crippen LogP contribution is -2.35. The fourth-order valence-electron chi connectivity index (χ4n) is 2.89. The first-order valence-electron chi connectivity index (χ1n) is 8.58. The maximum absolute atomic E-state index is 12.6. The summed E-state index contributed by atoms with van der Waals surface area (Å²) in [5.41, 5.74) is 2.46. The maximum atomic E-state index is 12.6. The zero-order valence-electron chi connectivity index (χ0n) is 15.2. The summed E-state index contributed by atoms with van der Waals surface area (Å²) < 4.78 is 27.8. The van der Waals surface area contributed by atoms with Gasteiger partial charge < -0.3 is 10.0 Å². The number of anilines is 2. The van der Waals surface area contributed by atoms with Crippen LogP contribution in [-0.4, -0.2) is 33.0 Å². The molecule has 0 bridgehead atoms. The van der Waals surface area contributed by atoms with E-state index in [1.54, 1.807) is 41.3 Å². The van der Waals surface area contributed by atoms with Crippen LogP contribution in [0.3, 0.4) is 0 Å². The monoisotopic (exact) mass is 375 g/mol. The molecule has 1 saturated heterocycles. The van der Waals surface area contributed by atoms with E-state index in [1.807, 2.05) is 12.1 Å². The second-order valence-corrected chi connectivity index (χ2v) is 9.13. The molecule has 1 heterocycles. The number of aliphatic hydroxyl groups is 1. The highest BCUT2D eigenvalue weighted by Gasteiger charge is 2.22. The van der Waals surface area contributed by atoms with Crippen LogP contribution in [-0.2, 0) is 15.4 Å². The Morgan fingerprint density at radius 3 is 2.19 bits per heavy atom. The van der Waals surface area contributed by atoms with Gasteiger partial charge in [0, 0.05) is 24.5 Å². The third-order valence-corrected chi connectivity index (χ3v) is 5.85. The van der Waals surface area contributed by atoms with Gasteiger partial charge in [0.2, 0.25) is 0 Å². The van der Waals surface area contributed by atoms with Crippen molar-refractivity contribution < 1.29 is 13.5 Å². The number of sulfonamides is 1. The summed E-state index contributed by atoms with van der Waals surface area (Å²) in [6.45, 7) is 7.70. The highest BCUT2D eigenvalue weighted by Crippen LogP contribution is 2.25. The van der Waals surface area contributed by atoms with Crippen molar-refractivity contribution >= 4 is 21.4 Å². The van der Waals surface area contributed by atoms with E-state index in [2.05, 4.69) is 30.8 Å². The van der Waals surface area contributed by atoms with Gasteiger partial charge >= 0.3 is 0 Å². The van der Waals surface area contributed by atoms with Gasteiger partial charge in [-0.05, 0) is 47.4 Å². The maximum Gasteiger partial charge on any atom is 0.261 e. The predicted octanol–water partition coefficient (Wildman–Crippen LogP) is 2.47. The van der Waals surface area contributed by atoms with Crippen molar-refractivity contribution in [3.63, 3.8) is 0 Å². The lowest BCUT2D eigenvalue weighted by Gasteiger charge is -2.22. The van der Waals surface area contributed by atoms with Crippen LogP contribution in [0.25, 0.3) is 0 Å². The molecule has 0 spiro atoms. The fraction of sp³-hybridized carbons (Fsp3) is 0.368. The van der Waals surface area contributed by atoms with Crippen molar-refractivity contribution in [1.29, 1.82) is 0 Å². The highest BCUT2D eigenvalue weighted by atomic mass is 32.2. The zero-order chi connectivity index (χ0) is 18.9. The lowest BCUT2D eigenvalue weighted by atomic mass is 9.87. The molecule has 0 saturated carbocycles. The molecule has 26 heavy (non-hydrogen) atoms. The molecule has 1 aliphatic rings. The van der Waals surface area contributed by atoms with Crippen LogP contribution in [0.1, 0.15) is 26.3 Å². The quantitative estimate of drug-likeness (QED) is 0.765. The normalized spacial score (nSPS) is 18.2. The average Bonchev–Trinajstić information content (AvgIpc) is 3.00. The number of hydrogen-bond donors (Lipinski definition) is 3. The van der Waals surface area contributed by atoms with E-state index in [9.17, 15) is 13.5 Å². The molecule has 0 radical (unpaired) electrons. The molecule has 6 nitrogen and oxygen atoms in total. The Bertz CT molecular complexity index is 856. The van der Waals surface area contributed by atoms with Crippen LogP contribution < -0.4 is 14.9 Å². The van der Waals surface area contributed by atoms with Gasteiger partial charge in [0.25, 0.3) is 10.0 Å². The number of benzene rings is 2. The van der Waals surface area contributed by atoms with Gasteiger partial charge in [-0.1, -0.05) is 32.9 Å². The average molecular weight is 375 g/mol. The van der Waals surface area contributed by atoms with Gasteiger partial charge in [0.05, 0.1) is 4.90 Å². The molecule has 1 unspecified atom stereocenters. The summed E-state index contributed by atoms with van der Waals surface area (Å²) in [5, 5.41) is 12.7. The molecule has 0 aliphatic carbocycles. The van der Waals surface area contributed by atoms with Gasteiger partial charge in [-0.15, -0.1) is 0 Å². The van der Waals surface area contributed by atoms with Crippen molar-refractivity contribution in [2.75, 3.05) is 22.7 Å². The first-order chi connectivity index (χ1) is 12.2. The van der Waals surface area contributed by atoms with Crippen LogP contribution in [0, 0.1) is 0 Å². The van der Waals surface area contributed by atoms with Gasteiger partial charge in [0.1, 0.15) is 0 Å². The van der Waals surface area contributed by atoms with Crippen LogP contribution in [0.15, 0.2) is 53.4 Å². The SMILES string of the molecule is CC(C)(C)c1ccc(NS(=O)(=O)c2ccc(N3CCNC3O)cc2)cc1. The largest absolute Gasteiger partial charge is 0.361 e. The van der Waals surface area contributed by atoms with E-state index in [0.717, 1.165) is 11.3 Å². The molecule has 0 aromatic heterocycles. The zero-order valence-corrected chi connectivity index (χ0v) is 16.0. The Hall–Kier alpha value is -2.09. The molecule has 7 heteroatoms. The summed E-state index contributed by atoms with van der Waals surface area (Å²) in [7, 11) is -3.66. The van der Waals surface area contributed by atoms with E-state index < -0.39 is 16.4 Å². The molecule has 2 aromatic carbocycles. The summed E-state index contributed by atoms with van der Waals surface area (Å²) >= 11 is 0. The van der Waals surface area contributed by atoms with Crippen molar-refractivity contribution in [2.24, 2.45) is 0 Å². The molecule has 1 aliphatic heterocycles. The van der Waals surface area contributed by atoms with E-state index in [-0.39, 0.29) is 10.3 Å². The second-order valence-electron chi connectivity index (χ2n) is 7.45. The molecule has 1 atom stereocenters. The van der Waals surface area contributed by atoms with Gasteiger partial charge in [-0.25, -0.2) is 8.42 Å². The summed E-state index contributed by atoms with van der Waals surface area (Å²) in [6, 6.07) is 13.9. The van der Waals surface area contributed by atoms with Gasteiger partial charge in [-0.2, -0.15) is 0 Å². The first kappa shape index (κ1) is 18.7. The lowest BCUT2D eigenvalue weighted by molar-refractivity contribution is 0.163. The minimum Gasteiger partial charge on any atom is -0.361 e. The summed E-state index contributed by atoms with van der Waals surface area (Å²) in [5.74, 6) is 0. The van der Waals surface area contributed by atoms with Gasteiger partial charge in [0.15, 0.2) is 6.35 Å². The number of hydrogen-bond acceptors (Lipinski definition) is 5. The van der Waals surface area contributed by atoms with Crippen molar-refractivity contribution in [2.45, 2.75) is 37.4 Å². The fourth-order valence-corrected chi connectivity index (χ4v) is 3.94. The first-order valence-corrected chi connectivity index (χ1v) is 10.1. The minimum atomic E-state index is -3.66. The van der Waals surface area contributed by atoms with Crippen LogP contribution in [0.2, 0.25) is 0 Å². The minimum absolute atomic E-state index is 0.0161. The Labute approximate surface area is 154 Å². The topological polar surface area (TPSA) is 81.7 Å². The van der Waals surface area contributed by atoms with Crippen molar-refractivity contribution in [3.05, 3.63) is 54.1 Å². The van der Waals surface area contributed by atoms with Crippen LogP contribution >= 0.6 is 0 Å². The molecule has 3 rings (SSSR count). The van der Waals surface area contributed by atoms with Gasteiger partial charge in [-0.3, -0.25) is 10.0 Å². The summed E-state index contributed by atoms with van der Waals surface area (Å²) in [4.78, 5) is 1.96. The Morgan fingerprint density at radius 2 is 1.69 bits per heavy atom. The van der Waals surface area contributed by atoms with E-state index in [4.69, 9.17) is 0 Å². The molecule has 140 valence electrons. The third kappa shape index (κ3) is 4.00. The summed E-state index contributed by atoms with van der Waals surface area (Å²) in [6.07, 6.45) is -0.739. The molecule has 1 fully saturated rings. The Balaban J connectivity index is 1.75. The predicted molar refractivity (Wildman–Crippen MR) is 104 cm³/mol. The molecule has 2 aromatic rings. The number of rotatable bonds is 4. The smallest absolute Gasteiger partial charge is 0.261 e. The Kier molecular flexibility index (Phi) is 4.96. The standard InChI is InChI=1S/C19H25N3O3S/c1-19(2,3)14-4-6-15(7-5-14)21-26(24,25)17-10-8-16(9-11-17)22-13-12-20-18(22)23/h4-11,18,20-21,23H,12-13H2,1-3H3. The molecular formula is C19H25N3O3S. The molecule has 3 N–H and O–H groups in total.